The predicted octanol–water partition coefficient (Wildman–Crippen LogP) is 3.69. The second-order valence-corrected chi connectivity index (χ2v) is 5.78. The number of nitrogens with one attached hydrogen (secondary N) is 1. The number of hydrogen-bond donors (Lipinski definition) is 1. The fraction of sp³-hybridized carbons (Fsp3) is 0.267. The molecule has 0 spiro atoms. The summed E-state index contributed by atoms with van der Waals surface area (Å²) in [6, 6.07) is 5.78. The molecule has 0 saturated heterocycles. The van der Waals surface area contributed by atoms with Gasteiger partial charge in [0.05, 0.1) is 5.56 Å². The molecule has 0 unspecified atom stereocenters. The van der Waals surface area contributed by atoms with E-state index in [1.54, 1.807) is 0 Å². The average molecular weight is 404 g/mol. The zero-order valence-corrected chi connectivity index (χ0v) is 14.1. The Morgan fingerprint density at radius 1 is 1.29 bits per heavy atom. The van der Waals surface area contributed by atoms with Crippen molar-refractivity contribution in [1.29, 1.82) is 0 Å². The van der Waals surface area contributed by atoms with Crippen LogP contribution in [-0.4, -0.2) is 15.7 Å². The normalized spacial score (nSPS) is 11.4. The van der Waals surface area contributed by atoms with E-state index in [0.717, 1.165) is 10.7 Å². The summed E-state index contributed by atoms with van der Waals surface area (Å²) in [6.45, 7) is 2.19. The van der Waals surface area contributed by atoms with Gasteiger partial charge in [-0.05, 0) is 30.7 Å². The van der Waals surface area contributed by atoms with Crippen molar-refractivity contribution in [1.82, 2.24) is 9.78 Å². The third-order valence-electron chi connectivity index (χ3n) is 3.06. The maximum atomic E-state index is 12.9. The van der Waals surface area contributed by atoms with Gasteiger partial charge in [0.25, 0.3) is 11.5 Å². The summed E-state index contributed by atoms with van der Waals surface area (Å²) in [5.41, 5.74) is -1.33. The van der Waals surface area contributed by atoms with Crippen LogP contribution in [0, 0.1) is 0 Å². The molecule has 1 aromatic heterocycles. The van der Waals surface area contributed by atoms with E-state index in [9.17, 15) is 22.8 Å². The maximum absolute atomic E-state index is 12.9. The highest BCUT2D eigenvalue weighted by molar-refractivity contribution is 9.10. The lowest BCUT2D eigenvalue weighted by molar-refractivity contribution is -0.138. The number of benzene rings is 1. The number of amides is 1. The Kier molecular flexibility index (Phi) is 5.43. The van der Waals surface area contributed by atoms with Gasteiger partial charge in [0.2, 0.25) is 0 Å². The largest absolute Gasteiger partial charge is 0.417 e. The molecule has 1 aromatic carbocycles. The molecule has 0 fully saturated rings. The Hall–Kier alpha value is -2.16. The SMILES string of the molecule is CCCn1nc(C(=O)Nc2ccc(Br)c(C(F)(F)F)c2)ccc1=O. The van der Waals surface area contributed by atoms with E-state index < -0.39 is 17.6 Å². The summed E-state index contributed by atoms with van der Waals surface area (Å²) in [5, 5.41) is 6.26. The summed E-state index contributed by atoms with van der Waals surface area (Å²) in [6.07, 6.45) is -3.90. The molecule has 0 aliphatic rings. The monoisotopic (exact) mass is 403 g/mol. The van der Waals surface area contributed by atoms with Crippen LogP contribution in [0.3, 0.4) is 0 Å². The number of hydrogen-bond acceptors (Lipinski definition) is 3. The van der Waals surface area contributed by atoms with Crippen LogP contribution in [0.5, 0.6) is 0 Å². The van der Waals surface area contributed by atoms with Crippen LogP contribution in [0.25, 0.3) is 0 Å². The summed E-state index contributed by atoms with van der Waals surface area (Å²) >= 11 is 2.83. The Morgan fingerprint density at radius 3 is 2.62 bits per heavy atom. The smallest absolute Gasteiger partial charge is 0.321 e. The van der Waals surface area contributed by atoms with E-state index in [1.807, 2.05) is 6.92 Å². The van der Waals surface area contributed by atoms with Gasteiger partial charge < -0.3 is 5.32 Å². The molecule has 1 N–H and O–H groups in total. The molecule has 0 aliphatic carbocycles. The lowest BCUT2D eigenvalue weighted by Gasteiger charge is -2.12. The van der Waals surface area contributed by atoms with Gasteiger partial charge in [-0.15, -0.1) is 0 Å². The Morgan fingerprint density at radius 2 is 2.00 bits per heavy atom. The summed E-state index contributed by atoms with van der Waals surface area (Å²) in [4.78, 5) is 23.7. The first-order valence-electron chi connectivity index (χ1n) is 6.98. The van der Waals surface area contributed by atoms with E-state index in [-0.39, 0.29) is 21.4 Å². The first kappa shape index (κ1) is 18.2. The number of aryl methyl sites for hydroxylation is 1. The van der Waals surface area contributed by atoms with Crippen molar-refractivity contribution in [3.8, 4) is 0 Å². The number of halogens is 4. The topological polar surface area (TPSA) is 64.0 Å². The Balaban J connectivity index is 2.27. The maximum Gasteiger partial charge on any atom is 0.417 e. The molecule has 0 radical (unpaired) electrons. The summed E-state index contributed by atoms with van der Waals surface area (Å²) in [5.74, 6) is -0.699. The highest BCUT2D eigenvalue weighted by Gasteiger charge is 2.33. The molecule has 1 heterocycles. The van der Waals surface area contributed by atoms with Crippen LogP contribution in [0.2, 0.25) is 0 Å². The molecule has 0 saturated carbocycles. The number of nitrogens with zero attached hydrogens (tertiary/aromatic N) is 2. The molecule has 0 aliphatic heterocycles. The predicted molar refractivity (Wildman–Crippen MR) is 85.9 cm³/mol. The molecule has 0 bridgehead atoms. The van der Waals surface area contributed by atoms with Crippen molar-refractivity contribution < 1.29 is 18.0 Å². The first-order valence-corrected chi connectivity index (χ1v) is 7.78. The lowest BCUT2D eigenvalue weighted by Crippen LogP contribution is -2.26. The average Bonchev–Trinajstić information content (AvgIpc) is 2.50. The molecule has 9 heteroatoms. The van der Waals surface area contributed by atoms with Crippen molar-refractivity contribution in [2.45, 2.75) is 26.1 Å². The molecular formula is C15H13BrF3N3O2. The minimum absolute atomic E-state index is 0.0226. The molecule has 0 atom stereocenters. The number of alkyl halides is 3. The number of carbonyl (C=O) groups excluding carboxylic acids is 1. The Labute approximate surface area is 143 Å². The highest BCUT2D eigenvalue weighted by Crippen LogP contribution is 2.36. The quantitative estimate of drug-likeness (QED) is 0.846. The molecule has 5 nitrogen and oxygen atoms in total. The van der Waals surface area contributed by atoms with Crippen LogP contribution in [0.1, 0.15) is 29.4 Å². The van der Waals surface area contributed by atoms with E-state index in [2.05, 4.69) is 26.3 Å². The van der Waals surface area contributed by atoms with Gasteiger partial charge in [-0.3, -0.25) is 9.59 Å². The molecule has 2 aromatic rings. The van der Waals surface area contributed by atoms with Gasteiger partial charge in [0, 0.05) is 22.8 Å². The van der Waals surface area contributed by atoms with Crippen molar-refractivity contribution in [2.24, 2.45) is 0 Å². The van der Waals surface area contributed by atoms with Crippen molar-refractivity contribution >= 4 is 27.5 Å². The van der Waals surface area contributed by atoms with Crippen LogP contribution >= 0.6 is 15.9 Å². The molecule has 128 valence electrons. The van der Waals surface area contributed by atoms with Gasteiger partial charge >= 0.3 is 6.18 Å². The molecule has 24 heavy (non-hydrogen) atoms. The molecular weight excluding hydrogens is 391 g/mol. The second-order valence-electron chi connectivity index (χ2n) is 4.93. The lowest BCUT2D eigenvalue weighted by atomic mass is 10.2. The van der Waals surface area contributed by atoms with Gasteiger partial charge in [-0.2, -0.15) is 18.3 Å². The number of aromatic nitrogens is 2. The van der Waals surface area contributed by atoms with Gasteiger partial charge in [-0.1, -0.05) is 22.9 Å². The highest BCUT2D eigenvalue weighted by atomic mass is 79.9. The third kappa shape index (κ3) is 4.22. The van der Waals surface area contributed by atoms with E-state index >= 15 is 0 Å². The molecule has 1 amide bonds. The third-order valence-corrected chi connectivity index (χ3v) is 3.76. The minimum atomic E-state index is -4.55. The Bertz CT molecular complexity index is 818. The number of anilines is 1. The van der Waals surface area contributed by atoms with Crippen molar-refractivity contribution in [2.75, 3.05) is 5.32 Å². The summed E-state index contributed by atoms with van der Waals surface area (Å²) < 4.78 is 39.6. The summed E-state index contributed by atoms with van der Waals surface area (Å²) in [7, 11) is 0. The fourth-order valence-corrected chi connectivity index (χ4v) is 2.43. The van der Waals surface area contributed by atoms with Gasteiger partial charge in [-0.25, -0.2) is 4.68 Å². The number of rotatable bonds is 4. The van der Waals surface area contributed by atoms with Crippen LogP contribution in [0.15, 0.2) is 39.6 Å². The van der Waals surface area contributed by atoms with Crippen molar-refractivity contribution in [3.63, 3.8) is 0 Å². The zero-order chi connectivity index (χ0) is 17.9. The minimum Gasteiger partial charge on any atom is -0.321 e. The number of carbonyl (C=O) groups is 1. The van der Waals surface area contributed by atoms with E-state index in [4.69, 9.17) is 0 Å². The zero-order valence-electron chi connectivity index (χ0n) is 12.5. The van der Waals surface area contributed by atoms with Crippen LogP contribution in [-0.2, 0) is 12.7 Å². The van der Waals surface area contributed by atoms with Gasteiger partial charge in [0.1, 0.15) is 5.69 Å². The standard InChI is InChI=1S/C15H13BrF3N3O2/c1-2-7-22-13(23)6-5-12(21-22)14(24)20-9-3-4-11(16)10(8-9)15(17,18)19/h3-6,8H,2,7H2,1H3,(H,20,24). The van der Waals surface area contributed by atoms with Gasteiger partial charge in [0.15, 0.2) is 0 Å². The first-order chi connectivity index (χ1) is 11.2. The molecule has 2 rings (SSSR count). The van der Waals surface area contributed by atoms with E-state index in [1.165, 1.54) is 24.3 Å². The second kappa shape index (κ2) is 7.16. The fourth-order valence-electron chi connectivity index (χ4n) is 1.96. The van der Waals surface area contributed by atoms with Crippen LogP contribution < -0.4 is 10.9 Å². The van der Waals surface area contributed by atoms with Crippen molar-refractivity contribution in [3.05, 3.63) is 56.4 Å². The van der Waals surface area contributed by atoms with E-state index in [0.29, 0.717) is 13.0 Å². The van der Waals surface area contributed by atoms with Crippen LogP contribution in [0.4, 0.5) is 18.9 Å².